The highest BCUT2D eigenvalue weighted by molar-refractivity contribution is 9.10. The van der Waals surface area contributed by atoms with Gasteiger partial charge in [-0.1, -0.05) is 47.1 Å². The molecular weight excluding hydrogens is 462 g/mol. The molecule has 0 aromatic heterocycles. The Morgan fingerprint density at radius 3 is 2.68 bits per heavy atom. The number of piperidine rings is 1. The standard InChI is InChI=1S/C23H26BrN3O4/c1-15-8-9-21-23(29)25(12-16-4-2-7-19(10-16)27(30)31)13-20(28)14-26(21)22(15)17-5-3-6-18(24)11-17/h2-7,10-11,15,20-22,28H,8-9,12-14H2,1H3/t15-,20+,21+,22+/m1/s1. The van der Waals surface area contributed by atoms with E-state index in [1.807, 2.05) is 12.1 Å². The number of carbonyl (C=O) groups is 1. The number of β-amino-alcohol motifs (C(OH)–C–C–N with tert-alkyl or cyclic N) is 1. The van der Waals surface area contributed by atoms with Crippen molar-refractivity contribution >= 4 is 27.5 Å². The van der Waals surface area contributed by atoms with Gasteiger partial charge in [-0.05, 0) is 42.0 Å². The predicted molar refractivity (Wildman–Crippen MR) is 120 cm³/mol. The number of hydrogen-bond acceptors (Lipinski definition) is 5. The minimum atomic E-state index is -0.687. The molecule has 2 heterocycles. The van der Waals surface area contributed by atoms with Crippen LogP contribution in [0.25, 0.3) is 0 Å². The van der Waals surface area contributed by atoms with Crippen LogP contribution < -0.4 is 0 Å². The van der Waals surface area contributed by atoms with Crippen LogP contribution in [0.15, 0.2) is 53.0 Å². The first kappa shape index (κ1) is 21.9. The summed E-state index contributed by atoms with van der Waals surface area (Å²) in [7, 11) is 0. The highest BCUT2D eigenvalue weighted by Crippen LogP contribution is 2.41. The minimum absolute atomic E-state index is 0.00292. The van der Waals surface area contributed by atoms with Gasteiger partial charge >= 0.3 is 0 Å². The summed E-state index contributed by atoms with van der Waals surface area (Å²) >= 11 is 3.55. The number of halogens is 1. The maximum absolute atomic E-state index is 13.5. The number of fused-ring (bicyclic) bond motifs is 1. The molecule has 0 unspecified atom stereocenters. The molecule has 164 valence electrons. The molecular formula is C23H26BrN3O4. The van der Waals surface area contributed by atoms with Crippen molar-refractivity contribution in [3.05, 3.63) is 74.2 Å². The first-order chi connectivity index (χ1) is 14.8. The Morgan fingerprint density at radius 1 is 1.16 bits per heavy atom. The van der Waals surface area contributed by atoms with Crippen molar-refractivity contribution in [1.29, 1.82) is 0 Å². The number of aliphatic hydroxyl groups excluding tert-OH is 1. The molecule has 2 saturated heterocycles. The lowest BCUT2D eigenvalue weighted by molar-refractivity contribution is -0.384. The summed E-state index contributed by atoms with van der Waals surface area (Å²) in [5.41, 5.74) is 1.83. The van der Waals surface area contributed by atoms with Gasteiger partial charge in [0.1, 0.15) is 0 Å². The first-order valence-electron chi connectivity index (χ1n) is 10.5. The fourth-order valence-corrected chi connectivity index (χ4v) is 5.39. The maximum Gasteiger partial charge on any atom is 0.269 e. The van der Waals surface area contributed by atoms with Gasteiger partial charge in [-0.15, -0.1) is 0 Å². The van der Waals surface area contributed by atoms with Crippen molar-refractivity contribution in [2.24, 2.45) is 5.92 Å². The molecule has 2 fully saturated rings. The van der Waals surface area contributed by atoms with E-state index in [1.165, 1.54) is 12.1 Å². The van der Waals surface area contributed by atoms with Gasteiger partial charge in [-0.2, -0.15) is 0 Å². The van der Waals surface area contributed by atoms with Crippen LogP contribution >= 0.6 is 15.9 Å². The van der Waals surface area contributed by atoms with Crippen LogP contribution in [0.2, 0.25) is 0 Å². The molecule has 4 rings (SSSR count). The van der Waals surface area contributed by atoms with Gasteiger partial charge in [0.05, 0.1) is 17.1 Å². The van der Waals surface area contributed by atoms with Crippen molar-refractivity contribution < 1.29 is 14.8 Å². The van der Waals surface area contributed by atoms with E-state index in [0.29, 0.717) is 18.0 Å². The number of nitro groups is 1. The van der Waals surface area contributed by atoms with Crippen LogP contribution in [0.1, 0.15) is 36.9 Å². The number of rotatable bonds is 4. The Kier molecular flexibility index (Phi) is 6.41. The number of nitrogens with zero attached hydrogens (tertiary/aromatic N) is 3. The summed E-state index contributed by atoms with van der Waals surface area (Å²) in [6, 6.07) is 14.2. The molecule has 2 aromatic rings. The zero-order chi connectivity index (χ0) is 22.1. The number of nitro benzene ring substituents is 1. The monoisotopic (exact) mass is 487 g/mol. The molecule has 1 amide bonds. The van der Waals surface area contributed by atoms with Crippen molar-refractivity contribution in [1.82, 2.24) is 9.80 Å². The van der Waals surface area contributed by atoms with Gasteiger partial charge in [-0.25, -0.2) is 0 Å². The third-order valence-electron chi connectivity index (χ3n) is 6.33. The Hall–Kier alpha value is -2.29. The van der Waals surface area contributed by atoms with Crippen LogP contribution in [0.4, 0.5) is 5.69 Å². The third kappa shape index (κ3) is 4.66. The third-order valence-corrected chi connectivity index (χ3v) is 6.82. The SMILES string of the molecule is C[C@@H]1CC[C@H]2C(=O)N(Cc3cccc([N+](=O)[O-])c3)C[C@H](O)CN2[C@@H]1c1cccc(Br)c1. The van der Waals surface area contributed by atoms with Gasteiger partial charge in [0.25, 0.3) is 5.69 Å². The van der Waals surface area contributed by atoms with E-state index in [0.717, 1.165) is 22.9 Å². The van der Waals surface area contributed by atoms with Crippen molar-refractivity contribution in [3.8, 4) is 0 Å². The lowest BCUT2D eigenvalue weighted by atomic mass is 9.82. The number of non-ortho nitro benzene ring substituents is 1. The highest BCUT2D eigenvalue weighted by atomic mass is 79.9. The summed E-state index contributed by atoms with van der Waals surface area (Å²) in [6.07, 6.45) is 0.973. The topological polar surface area (TPSA) is 86.9 Å². The summed E-state index contributed by atoms with van der Waals surface area (Å²) < 4.78 is 0.994. The van der Waals surface area contributed by atoms with Gasteiger partial charge in [0.2, 0.25) is 5.91 Å². The Balaban J connectivity index is 1.61. The molecule has 8 heteroatoms. The number of aliphatic hydroxyl groups is 1. The average molecular weight is 488 g/mol. The lowest BCUT2D eigenvalue weighted by Gasteiger charge is -2.44. The molecule has 2 aliphatic heterocycles. The van der Waals surface area contributed by atoms with E-state index in [4.69, 9.17) is 0 Å². The Labute approximate surface area is 189 Å². The number of carbonyl (C=O) groups excluding carboxylic acids is 1. The van der Waals surface area contributed by atoms with Gasteiger partial charge in [0, 0.05) is 42.3 Å². The molecule has 1 N–H and O–H groups in total. The quantitative estimate of drug-likeness (QED) is 0.521. The average Bonchev–Trinajstić information content (AvgIpc) is 2.84. The van der Waals surface area contributed by atoms with E-state index in [1.54, 1.807) is 17.0 Å². The molecule has 0 radical (unpaired) electrons. The van der Waals surface area contributed by atoms with Crippen LogP contribution in [0, 0.1) is 16.0 Å². The first-order valence-corrected chi connectivity index (χ1v) is 11.3. The molecule has 2 aliphatic rings. The fourth-order valence-electron chi connectivity index (χ4n) is 4.97. The van der Waals surface area contributed by atoms with E-state index in [2.05, 4.69) is 39.9 Å². The zero-order valence-electron chi connectivity index (χ0n) is 17.4. The lowest BCUT2D eigenvalue weighted by Crippen LogP contribution is -2.51. The normalized spacial score (nSPS) is 26.9. The van der Waals surface area contributed by atoms with Gasteiger partial charge in [0.15, 0.2) is 0 Å². The van der Waals surface area contributed by atoms with Crippen LogP contribution in [-0.4, -0.2) is 51.0 Å². The van der Waals surface area contributed by atoms with Gasteiger partial charge in [-0.3, -0.25) is 19.8 Å². The Morgan fingerprint density at radius 2 is 1.94 bits per heavy atom. The predicted octanol–water partition coefficient (Wildman–Crippen LogP) is 3.90. The largest absolute Gasteiger partial charge is 0.390 e. The van der Waals surface area contributed by atoms with Crippen molar-refractivity contribution in [3.63, 3.8) is 0 Å². The Bertz CT molecular complexity index is 985. The molecule has 0 aliphatic carbocycles. The molecule has 0 saturated carbocycles. The maximum atomic E-state index is 13.5. The van der Waals surface area contributed by atoms with E-state index >= 15 is 0 Å². The number of hydrogen-bond donors (Lipinski definition) is 1. The molecule has 2 aromatic carbocycles. The summed E-state index contributed by atoms with van der Waals surface area (Å²) in [4.78, 5) is 28.0. The smallest absolute Gasteiger partial charge is 0.269 e. The van der Waals surface area contributed by atoms with Crippen molar-refractivity contribution in [2.45, 2.75) is 44.5 Å². The summed E-state index contributed by atoms with van der Waals surface area (Å²) in [5.74, 6) is 0.337. The second kappa shape index (κ2) is 9.06. The minimum Gasteiger partial charge on any atom is -0.390 e. The van der Waals surface area contributed by atoms with Crippen LogP contribution in [0.5, 0.6) is 0 Å². The van der Waals surface area contributed by atoms with Crippen LogP contribution in [0.3, 0.4) is 0 Å². The van der Waals surface area contributed by atoms with E-state index in [9.17, 15) is 20.0 Å². The van der Waals surface area contributed by atoms with Crippen LogP contribution in [-0.2, 0) is 11.3 Å². The van der Waals surface area contributed by atoms with Crippen molar-refractivity contribution in [2.75, 3.05) is 13.1 Å². The molecule has 31 heavy (non-hydrogen) atoms. The zero-order valence-corrected chi connectivity index (χ0v) is 18.9. The molecule has 7 nitrogen and oxygen atoms in total. The molecule has 0 bridgehead atoms. The highest BCUT2D eigenvalue weighted by Gasteiger charge is 2.44. The molecule has 0 spiro atoms. The van der Waals surface area contributed by atoms with E-state index < -0.39 is 11.0 Å². The number of benzene rings is 2. The van der Waals surface area contributed by atoms with E-state index in [-0.39, 0.29) is 36.8 Å². The summed E-state index contributed by atoms with van der Waals surface area (Å²) in [6.45, 7) is 3.08. The second-order valence-electron chi connectivity index (χ2n) is 8.57. The fraction of sp³-hybridized carbons (Fsp3) is 0.435. The second-order valence-corrected chi connectivity index (χ2v) is 9.48. The van der Waals surface area contributed by atoms with Gasteiger partial charge < -0.3 is 10.0 Å². The number of amides is 1. The molecule has 4 atom stereocenters. The summed E-state index contributed by atoms with van der Waals surface area (Å²) in [5, 5.41) is 21.9.